The molecule has 13 rings (SSSR count). The molecule has 0 amide bonds. The Hall–Kier alpha value is -5.59. The molecule has 65 heavy (non-hydrogen) atoms. The van der Waals surface area contributed by atoms with Crippen molar-refractivity contribution in [3.05, 3.63) is 180 Å². The molecule has 0 spiro atoms. The lowest BCUT2D eigenvalue weighted by Crippen LogP contribution is -2.51. The predicted molar refractivity (Wildman–Crippen MR) is 281 cm³/mol. The van der Waals surface area contributed by atoms with Crippen molar-refractivity contribution in [2.45, 2.75) is 120 Å². The first kappa shape index (κ1) is 39.7. The second-order valence-corrected chi connectivity index (χ2v) is 22.6. The van der Waals surface area contributed by atoms with Gasteiger partial charge in [-0.3, -0.25) is 0 Å². The SMILES string of the molecule is CC1(C)c2cc(-c3ccc4c(c3)C3(C)CCCCC3(C)B4c3ccccc3)ccc2-c2c1c1ccc(-c3ccc4c(c3)C3(C)CCCCC3(C)B4c3ccccc3)cc1c1ccccc21. The van der Waals surface area contributed by atoms with Gasteiger partial charge in [-0.2, -0.15) is 0 Å². The Morgan fingerprint density at radius 1 is 0.369 bits per heavy atom. The van der Waals surface area contributed by atoms with Crippen LogP contribution in [0.3, 0.4) is 0 Å². The summed E-state index contributed by atoms with van der Waals surface area (Å²) in [6.45, 7) is 16.2. The van der Waals surface area contributed by atoms with Gasteiger partial charge in [-0.15, -0.1) is 0 Å². The molecule has 2 fully saturated rings. The van der Waals surface area contributed by atoms with Crippen molar-refractivity contribution < 1.29 is 0 Å². The van der Waals surface area contributed by atoms with E-state index in [4.69, 9.17) is 0 Å². The third-order valence-corrected chi connectivity index (χ3v) is 19.5. The predicted octanol–water partition coefficient (Wildman–Crippen LogP) is 14.1. The van der Waals surface area contributed by atoms with Crippen molar-refractivity contribution in [2.75, 3.05) is 0 Å². The molecule has 8 aromatic rings. The van der Waals surface area contributed by atoms with E-state index in [2.05, 4.69) is 199 Å². The number of benzene rings is 8. The van der Waals surface area contributed by atoms with Crippen molar-refractivity contribution >= 4 is 56.8 Å². The first-order valence-corrected chi connectivity index (χ1v) is 25.0. The molecule has 2 aliphatic heterocycles. The Morgan fingerprint density at radius 2 is 0.815 bits per heavy atom. The van der Waals surface area contributed by atoms with Gasteiger partial charge in [0, 0.05) is 5.41 Å². The van der Waals surface area contributed by atoms with Crippen LogP contribution in [-0.4, -0.2) is 13.4 Å². The van der Waals surface area contributed by atoms with E-state index in [9.17, 15) is 0 Å². The Kier molecular flexibility index (Phi) is 8.40. The van der Waals surface area contributed by atoms with Gasteiger partial charge in [0.05, 0.1) is 0 Å². The molecule has 2 heterocycles. The zero-order valence-corrected chi connectivity index (χ0v) is 39.3. The first-order chi connectivity index (χ1) is 31.5. The summed E-state index contributed by atoms with van der Waals surface area (Å²) in [5.74, 6) is 0. The average molecular weight is 839 g/mol. The standard InChI is InChI=1S/C63H60B2/c1-59(2)52-38-42(44-28-32-56-54(40-44)61(4)34-16-18-36-63(61,6)65(56)46-21-11-8-12-22-46)26-30-50(52)57-48-24-14-13-23-47(48)51-37-41(25-29-49(51)58(57)59)43-27-31-55-53(39-43)60(3)33-15-17-35-62(60,5)64(55)45-19-9-7-10-20-45/h7-14,19-32,37-40H,15-18,33-36H2,1-6H3. The van der Waals surface area contributed by atoms with E-state index in [1.165, 1.54) is 128 Å². The highest BCUT2D eigenvalue weighted by Crippen LogP contribution is 2.64. The van der Waals surface area contributed by atoms with Gasteiger partial charge in [0.2, 0.25) is 13.4 Å². The maximum absolute atomic E-state index is 2.61. The van der Waals surface area contributed by atoms with Gasteiger partial charge in [0.25, 0.3) is 0 Å². The highest BCUT2D eigenvalue weighted by atomic mass is 14.5. The molecule has 318 valence electrons. The van der Waals surface area contributed by atoms with E-state index in [-0.39, 0.29) is 26.9 Å². The van der Waals surface area contributed by atoms with E-state index in [1.807, 2.05) is 0 Å². The molecular weight excluding hydrogens is 778 g/mol. The molecule has 0 aromatic heterocycles. The van der Waals surface area contributed by atoms with Gasteiger partial charge in [0.15, 0.2) is 0 Å². The van der Waals surface area contributed by atoms with Gasteiger partial charge < -0.3 is 0 Å². The van der Waals surface area contributed by atoms with Crippen molar-refractivity contribution in [1.29, 1.82) is 0 Å². The zero-order chi connectivity index (χ0) is 44.1. The quantitative estimate of drug-likeness (QED) is 0.122. The summed E-state index contributed by atoms with van der Waals surface area (Å²) in [5, 5.41) is 5.88. The summed E-state index contributed by atoms with van der Waals surface area (Å²) < 4.78 is 0. The fourth-order valence-corrected chi connectivity index (χ4v) is 15.8. The molecule has 8 aromatic carbocycles. The lowest BCUT2D eigenvalue weighted by atomic mass is 9.26. The van der Waals surface area contributed by atoms with E-state index in [1.54, 1.807) is 22.1 Å². The van der Waals surface area contributed by atoms with Crippen molar-refractivity contribution in [3.8, 4) is 33.4 Å². The minimum Gasteiger partial charge on any atom is -0.0735 e. The van der Waals surface area contributed by atoms with Crippen molar-refractivity contribution in [1.82, 2.24) is 0 Å². The van der Waals surface area contributed by atoms with E-state index < -0.39 is 0 Å². The topological polar surface area (TPSA) is 0 Å². The summed E-state index contributed by atoms with van der Waals surface area (Å²) >= 11 is 0. The number of hydrogen-bond acceptors (Lipinski definition) is 0. The van der Waals surface area contributed by atoms with Gasteiger partial charge in [-0.25, -0.2) is 0 Å². The molecule has 4 atom stereocenters. The third kappa shape index (κ3) is 5.18. The van der Waals surface area contributed by atoms with E-state index in [0.29, 0.717) is 13.4 Å². The zero-order valence-electron chi connectivity index (χ0n) is 39.3. The monoisotopic (exact) mass is 838 g/mol. The van der Waals surface area contributed by atoms with Gasteiger partial charge in [0.1, 0.15) is 0 Å². The van der Waals surface area contributed by atoms with Crippen LogP contribution in [0.2, 0.25) is 10.6 Å². The minimum absolute atomic E-state index is 0.148. The average Bonchev–Trinajstić information content (AvgIpc) is 3.80. The van der Waals surface area contributed by atoms with Crippen LogP contribution in [0.5, 0.6) is 0 Å². The third-order valence-electron chi connectivity index (χ3n) is 19.5. The molecule has 0 radical (unpaired) electrons. The van der Waals surface area contributed by atoms with Gasteiger partial charge in [-0.05, 0) is 124 Å². The molecule has 0 saturated heterocycles. The lowest BCUT2D eigenvalue weighted by Gasteiger charge is -2.48. The van der Waals surface area contributed by atoms with Gasteiger partial charge >= 0.3 is 0 Å². The molecule has 0 N–H and O–H groups in total. The highest BCUT2D eigenvalue weighted by Gasteiger charge is 2.61. The molecule has 4 unspecified atom stereocenters. The smallest absolute Gasteiger partial charge is 0.0735 e. The van der Waals surface area contributed by atoms with Crippen molar-refractivity contribution in [2.24, 2.45) is 0 Å². The van der Waals surface area contributed by atoms with Crippen LogP contribution in [-0.2, 0) is 16.2 Å². The normalized spacial score (nSPS) is 25.8. The largest absolute Gasteiger partial charge is 0.216 e. The van der Waals surface area contributed by atoms with E-state index >= 15 is 0 Å². The molecule has 2 saturated carbocycles. The van der Waals surface area contributed by atoms with E-state index in [0.717, 1.165) is 0 Å². The van der Waals surface area contributed by atoms with Crippen LogP contribution in [0.1, 0.15) is 115 Å². The summed E-state index contributed by atoms with van der Waals surface area (Å²) in [7, 11) is 0. The number of fused-ring (bicyclic) bond motifs is 14. The number of rotatable bonds is 4. The van der Waals surface area contributed by atoms with Crippen molar-refractivity contribution in [3.63, 3.8) is 0 Å². The fraction of sp³-hybridized carbons (Fsp3) is 0.302. The summed E-state index contributed by atoms with van der Waals surface area (Å²) in [4.78, 5) is 0. The summed E-state index contributed by atoms with van der Waals surface area (Å²) in [5.41, 5.74) is 20.4. The second kappa shape index (κ2) is 13.7. The minimum atomic E-state index is -0.173. The first-order valence-electron chi connectivity index (χ1n) is 25.0. The van der Waals surface area contributed by atoms with Crippen LogP contribution < -0.4 is 21.9 Å². The Labute approximate surface area is 388 Å². The summed E-state index contributed by atoms with van der Waals surface area (Å²) in [6.07, 6.45) is 10.3. The van der Waals surface area contributed by atoms with Crippen LogP contribution in [0.4, 0.5) is 0 Å². The van der Waals surface area contributed by atoms with Crippen LogP contribution in [0.25, 0.3) is 54.9 Å². The van der Waals surface area contributed by atoms with Crippen LogP contribution >= 0.6 is 0 Å². The van der Waals surface area contributed by atoms with Crippen LogP contribution in [0, 0.1) is 0 Å². The lowest BCUT2D eigenvalue weighted by molar-refractivity contribution is 0.243. The Bertz CT molecular complexity index is 3270. The highest BCUT2D eigenvalue weighted by molar-refractivity contribution is 6.90. The maximum Gasteiger partial charge on any atom is 0.216 e. The summed E-state index contributed by atoms with van der Waals surface area (Å²) in [6, 6.07) is 62.0. The molecular formula is C63H60B2. The molecule has 0 bridgehead atoms. The number of hydrogen-bond donors (Lipinski definition) is 0. The Balaban J connectivity index is 0.924. The molecule has 0 nitrogen and oxygen atoms in total. The molecule has 5 aliphatic rings. The molecule has 3 aliphatic carbocycles. The van der Waals surface area contributed by atoms with Crippen LogP contribution in [0.15, 0.2) is 158 Å². The molecule has 2 heteroatoms. The van der Waals surface area contributed by atoms with Gasteiger partial charge in [-0.1, -0.05) is 248 Å². The second-order valence-electron chi connectivity index (χ2n) is 22.6. The Morgan fingerprint density at radius 3 is 1.37 bits per heavy atom. The fourth-order valence-electron chi connectivity index (χ4n) is 15.8. The maximum atomic E-state index is 2.61.